The Morgan fingerprint density at radius 1 is 1.38 bits per heavy atom. The van der Waals surface area contributed by atoms with Crippen molar-refractivity contribution in [3.8, 4) is 5.75 Å². The number of carbonyl (C=O) groups is 1. The summed E-state index contributed by atoms with van der Waals surface area (Å²) in [7, 11) is 0. The number of nitrogens with one attached hydrogen (secondary N) is 1. The number of nitrogens with zero attached hydrogens (tertiary/aromatic N) is 1. The Balaban J connectivity index is 1.66. The Labute approximate surface area is 126 Å². The van der Waals surface area contributed by atoms with E-state index in [0.29, 0.717) is 18.5 Å². The number of hydrogen-bond acceptors (Lipinski definition) is 3. The van der Waals surface area contributed by atoms with Crippen LogP contribution >= 0.6 is 0 Å². The summed E-state index contributed by atoms with van der Waals surface area (Å²) in [5, 5.41) is 3.30. The zero-order valence-corrected chi connectivity index (χ0v) is 12.8. The van der Waals surface area contributed by atoms with Gasteiger partial charge in [0.25, 0.3) is 5.91 Å². The molecule has 0 radical (unpaired) electrons. The second-order valence-corrected chi connectivity index (χ2v) is 6.43. The smallest absolute Gasteiger partial charge is 0.265 e. The molecule has 1 N–H and O–H groups in total. The largest absolute Gasteiger partial charge is 0.477 e. The molecule has 1 saturated carbocycles. The highest BCUT2D eigenvalue weighted by Crippen LogP contribution is 2.32. The van der Waals surface area contributed by atoms with Gasteiger partial charge in [-0.3, -0.25) is 4.79 Å². The van der Waals surface area contributed by atoms with Crippen LogP contribution in [-0.4, -0.2) is 36.0 Å². The fourth-order valence-corrected chi connectivity index (χ4v) is 2.69. The van der Waals surface area contributed by atoms with E-state index in [9.17, 15) is 4.79 Å². The number of benzene rings is 1. The van der Waals surface area contributed by atoms with Crippen LogP contribution in [0.1, 0.15) is 33.1 Å². The molecule has 1 heterocycles. The Morgan fingerprint density at radius 3 is 2.86 bits per heavy atom. The predicted molar refractivity (Wildman–Crippen MR) is 83.5 cm³/mol. The second-order valence-electron chi connectivity index (χ2n) is 6.43. The number of fused-ring (bicyclic) bond motifs is 1. The van der Waals surface area contributed by atoms with Crippen LogP contribution < -0.4 is 10.1 Å². The molecule has 0 bridgehead atoms. The molecule has 1 unspecified atom stereocenters. The molecule has 1 aromatic rings. The molecule has 4 nitrogen and oxygen atoms in total. The minimum Gasteiger partial charge on any atom is -0.477 e. The van der Waals surface area contributed by atoms with Crippen molar-refractivity contribution < 1.29 is 9.53 Å². The first-order valence-electron chi connectivity index (χ1n) is 7.95. The Morgan fingerprint density at radius 2 is 2.14 bits per heavy atom. The molecule has 1 amide bonds. The summed E-state index contributed by atoms with van der Waals surface area (Å²) < 4.78 is 5.91. The average Bonchev–Trinajstić information content (AvgIpc) is 3.31. The van der Waals surface area contributed by atoms with Crippen LogP contribution in [0, 0.1) is 5.92 Å². The summed E-state index contributed by atoms with van der Waals surface area (Å²) in [4.78, 5) is 14.8. The van der Waals surface area contributed by atoms with Crippen molar-refractivity contribution in [1.29, 1.82) is 0 Å². The van der Waals surface area contributed by atoms with Gasteiger partial charge in [-0.2, -0.15) is 0 Å². The normalized spacial score (nSPS) is 20.4. The van der Waals surface area contributed by atoms with Crippen molar-refractivity contribution in [1.82, 2.24) is 4.90 Å². The van der Waals surface area contributed by atoms with Gasteiger partial charge in [-0.05, 0) is 37.3 Å². The van der Waals surface area contributed by atoms with Gasteiger partial charge in [-0.15, -0.1) is 0 Å². The van der Waals surface area contributed by atoms with E-state index in [2.05, 4.69) is 19.2 Å². The van der Waals surface area contributed by atoms with Gasteiger partial charge in [0, 0.05) is 12.6 Å². The highest BCUT2D eigenvalue weighted by Gasteiger charge is 2.37. The Hall–Kier alpha value is -1.71. The molecule has 114 valence electrons. The standard InChI is InChI=1S/C17H24N2O2/c1-12(2)9-10-19(13-7-8-13)17(20)16-11-18-14-5-3-4-6-15(14)21-16/h3-6,12-13,16,18H,7-11H2,1-2H3. The first kappa shape index (κ1) is 14.2. The first-order chi connectivity index (χ1) is 10.1. The fraction of sp³-hybridized carbons (Fsp3) is 0.588. The van der Waals surface area contributed by atoms with E-state index in [1.54, 1.807) is 0 Å². The molecule has 1 aromatic carbocycles. The summed E-state index contributed by atoms with van der Waals surface area (Å²) in [5.41, 5.74) is 0.974. The lowest BCUT2D eigenvalue weighted by Gasteiger charge is -2.31. The molecule has 0 aromatic heterocycles. The van der Waals surface area contributed by atoms with Crippen LogP contribution in [0.15, 0.2) is 24.3 Å². The minimum absolute atomic E-state index is 0.139. The number of rotatable bonds is 5. The van der Waals surface area contributed by atoms with Gasteiger partial charge in [-0.1, -0.05) is 26.0 Å². The molecule has 1 fully saturated rings. The van der Waals surface area contributed by atoms with Crippen molar-refractivity contribution in [3.05, 3.63) is 24.3 Å². The van der Waals surface area contributed by atoms with Gasteiger partial charge < -0.3 is 15.0 Å². The van der Waals surface area contributed by atoms with E-state index >= 15 is 0 Å². The van der Waals surface area contributed by atoms with Crippen molar-refractivity contribution >= 4 is 11.6 Å². The SMILES string of the molecule is CC(C)CCN(C(=O)C1CNc2ccccc2O1)C1CC1. The van der Waals surface area contributed by atoms with Crippen LogP contribution in [0.4, 0.5) is 5.69 Å². The molecule has 1 aliphatic carbocycles. The first-order valence-corrected chi connectivity index (χ1v) is 7.95. The number of carbonyl (C=O) groups excluding carboxylic acids is 1. The monoisotopic (exact) mass is 288 g/mol. The zero-order valence-electron chi connectivity index (χ0n) is 12.8. The maximum absolute atomic E-state index is 12.8. The fourth-order valence-electron chi connectivity index (χ4n) is 2.69. The van der Waals surface area contributed by atoms with Crippen LogP contribution in [0.25, 0.3) is 0 Å². The lowest BCUT2D eigenvalue weighted by atomic mass is 10.1. The summed E-state index contributed by atoms with van der Waals surface area (Å²) in [6, 6.07) is 8.24. The third-order valence-electron chi connectivity index (χ3n) is 4.13. The third-order valence-corrected chi connectivity index (χ3v) is 4.13. The molecular formula is C17H24N2O2. The highest BCUT2D eigenvalue weighted by atomic mass is 16.5. The van der Waals surface area contributed by atoms with Crippen molar-refractivity contribution in [3.63, 3.8) is 0 Å². The van der Waals surface area contributed by atoms with E-state index < -0.39 is 6.10 Å². The molecule has 4 heteroatoms. The van der Waals surface area contributed by atoms with Crippen molar-refractivity contribution in [2.45, 2.75) is 45.3 Å². The lowest BCUT2D eigenvalue weighted by Crippen LogP contribution is -2.48. The molecular weight excluding hydrogens is 264 g/mol. The van der Waals surface area contributed by atoms with Crippen LogP contribution in [0.3, 0.4) is 0 Å². The Bertz CT molecular complexity index is 511. The number of amides is 1. The predicted octanol–water partition coefficient (Wildman–Crippen LogP) is 2.90. The van der Waals surface area contributed by atoms with E-state index in [0.717, 1.165) is 37.2 Å². The van der Waals surface area contributed by atoms with E-state index in [1.165, 1.54) is 0 Å². The Kier molecular flexibility index (Phi) is 4.04. The van der Waals surface area contributed by atoms with Gasteiger partial charge >= 0.3 is 0 Å². The summed E-state index contributed by atoms with van der Waals surface area (Å²) >= 11 is 0. The summed E-state index contributed by atoms with van der Waals surface area (Å²) in [6.07, 6.45) is 2.94. The maximum atomic E-state index is 12.8. The molecule has 1 atom stereocenters. The minimum atomic E-state index is -0.396. The van der Waals surface area contributed by atoms with Gasteiger partial charge in [0.2, 0.25) is 0 Å². The van der Waals surface area contributed by atoms with E-state index in [1.807, 2.05) is 29.2 Å². The maximum Gasteiger partial charge on any atom is 0.265 e. The second kappa shape index (κ2) is 5.96. The molecule has 21 heavy (non-hydrogen) atoms. The van der Waals surface area contributed by atoms with E-state index in [4.69, 9.17) is 4.74 Å². The van der Waals surface area contributed by atoms with Crippen molar-refractivity contribution in [2.24, 2.45) is 5.92 Å². The van der Waals surface area contributed by atoms with Gasteiger partial charge in [0.1, 0.15) is 5.75 Å². The third kappa shape index (κ3) is 3.31. The molecule has 0 saturated heterocycles. The van der Waals surface area contributed by atoms with Crippen LogP contribution in [-0.2, 0) is 4.79 Å². The van der Waals surface area contributed by atoms with Crippen molar-refractivity contribution in [2.75, 3.05) is 18.4 Å². The van der Waals surface area contributed by atoms with E-state index in [-0.39, 0.29) is 5.91 Å². The topological polar surface area (TPSA) is 41.6 Å². The number of para-hydroxylation sites is 2. The van der Waals surface area contributed by atoms with Crippen LogP contribution in [0.2, 0.25) is 0 Å². The molecule has 2 aliphatic rings. The number of ether oxygens (including phenoxy) is 1. The lowest BCUT2D eigenvalue weighted by molar-refractivity contribution is -0.139. The molecule has 0 spiro atoms. The average molecular weight is 288 g/mol. The quantitative estimate of drug-likeness (QED) is 0.906. The molecule has 1 aliphatic heterocycles. The van der Waals surface area contributed by atoms with Crippen LogP contribution in [0.5, 0.6) is 5.75 Å². The van der Waals surface area contributed by atoms with Gasteiger partial charge in [0.15, 0.2) is 6.10 Å². The summed E-state index contributed by atoms with van der Waals surface area (Å²) in [5.74, 6) is 1.53. The number of anilines is 1. The summed E-state index contributed by atoms with van der Waals surface area (Å²) in [6.45, 7) is 5.80. The highest BCUT2D eigenvalue weighted by molar-refractivity contribution is 5.83. The number of hydrogen-bond donors (Lipinski definition) is 1. The molecule has 3 rings (SSSR count). The van der Waals surface area contributed by atoms with Gasteiger partial charge in [0.05, 0.1) is 12.2 Å². The van der Waals surface area contributed by atoms with Gasteiger partial charge in [-0.25, -0.2) is 0 Å². The zero-order chi connectivity index (χ0) is 14.8.